The van der Waals surface area contributed by atoms with Crippen molar-refractivity contribution < 1.29 is 34.5 Å². The van der Waals surface area contributed by atoms with Gasteiger partial charge >= 0.3 is 17.9 Å². The van der Waals surface area contributed by atoms with Crippen molar-refractivity contribution >= 4 is 17.9 Å². The van der Waals surface area contributed by atoms with Crippen molar-refractivity contribution in [3.8, 4) is 0 Å². The molecular formula is C15H25NO7. The number of carboxylic acids is 3. The van der Waals surface area contributed by atoms with Gasteiger partial charge in [-0.1, -0.05) is 6.42 Å². The topological polar surface area (TPSA) is 124 Å². The summed E-state index contributed by atoms with van der Waals surface area (Å²) in [6.07, 6.45) is 3.85. The molecule has 1 fully saturated rings. The minimum atomic E-state index is -0.899. The molecule has 0 radical (unpaired) electrons. The van der Waals surface area contributed by atoms with Crippen molar-refractivity contribution in [2.45, 2.75) is 57.4 Å². The summed E-state index contributed by atoms with van der Waals surface area (Å²) < 4.78 is 0. The molecule has 1 saturated heterocycles. The molecule has 0 aromatic heterocycles. The van der Waals surface area contributed by atoms with Gasteiger partial charge in [-0.05, 0) is 38.5 Å². The van der Waals surface area contributed by atoms with Gasteiger partial charge in [-0.2, -0.15) is 5.06 Å². The number of aliphatic carboxylic acids is 3. The van der Waals surface area contributed by atoms with E-state index >= 15 is 0 Å². The van der Waals surface area contributed by atoms with Crippen LogP contribution < -0.4 is 0 Å². The van der Waals surface area contributed by atoms with E-state index < -0.39 is 29.9 Å². The Balaban J connectivity index is 2.21. The molecule has 0 aliphatic carbocycles. The second-order valence-corrected chi connectivity index (χ2v) is 5.79. The van der Waals surface area contributed by atoms with Crippen LogP contribution in [-0.2, 0) is 19.2 Å². The molecule has 1 rings (SSSR count). The summed E-state index contributed by atoms with van der Waals surface area (Å²) >= 11 is 0. The Hall–Kier alpha value is -1.67. The summed E-state index contributed by atoms with van der Waals surface area (Å²) in [5, 5.41) is 28.2. The maximum atomic E-state index is 11.2. The van der Waals surface area contributed by atoms with Crippen LogP contribution >= 0.6 is 0 Å². The molecule has 0 aromatic rings. The first kappa shape index (κ1) is 19.4. The highest BCUT2D eigenvalue weighted by molar-refractivity contribution is 5.73. The normalized spacial score (nSPS) is 19.6. The van der Waals surface area contributed by atoms with Crippen molar-refractivity contribution in [1.82, 2.24) is 5.06 Å². The summed E-state index contributed by atoms with van der Waals surface area (Å²) in [6.45, 7) is 0.872. The van der Waals surface area contributed by atoms with Gasteiger partial charge < -0.3 is 15.3 Å². The molecule has 0 amide bonds. The zero-order valence-electron chi connectivity index (χ0n) is 13.1. The third-order valence-electron chi connectivity index (χ3n) is 3.99. The van der Waals surface area contributed by atoms with Crippen molar-refractivity contribution in [2.75, 3.05) is 13.2 Å². The van der Waals surface area contributed by atoms with Gasteiger partial charge in [0.05, 0.1) is 12.5 Å². The van der Waals surface area contributed by atoms with Gasteiger partial charge in [0.25, 0.3) is 0 Å². The SMILES string of the molecule is O=C(O)CCCCC(CCCON1CCC[C@H]1C(=O)O)C(=O)O. The Morgan fingerprint density at radius 3 is 2.39 bits per heavy atom. The second kappa shape index (κ2) is 10.2. The van der Waals surface area contributed by atoms with E-state index in [1.54, 1.807) is 0 Å². The van der Waals surface area contributed by atoms with Crippen LogP contribution in [0.3, 0.4) is 0 Å². The van der Waals surface area contributed by atoms with E-state index in [4.69, 9.17) is 20.2 Å². The van der Waals surface area contributed by atoms with Crippen LogP contribution in [0.4, 0.5) is 0 Å². The molecule has 1 aliphatic rings. The van der Waals surface area contributed by atoms with E-state index in [0.29, 0.717) is 51.7 Å². The summed E-state index contributed by atoms with van der Waals surface area (Å²) in [7, 11) is 0. The highest BCUT2D eigenvalue weighted by atomic mass is 16.7. The van der Waals surface area contributed by atoms with Crippen LogP contribution in [0.15, 0.2) is 0 Å². The molecule has 0 bridgehead atoms. The van der Waals surface area contributed by atoms with E-state index in [2.05, 4.69) is 0 Å². The molecule has 0 spiro atoms. The van der Waals surface area contributed by atoms with Crippen LogP contribution in [-0.4, -0.2) is 57.5 Å². The van der Waals surface area contributed by atoms with Gasteiger partial charge in [0.2, 0.25) is 0 Å². The molecule has 0 saturated carbocycles. The van der Waals surface area contributed by atoms with Crippen LogP contribution in [0, 0.1) is 5.92 Å². The van der Waals surface area contributed by atoms with E-state index in [-0.39, 0.29) is 6.42 Å². The third kappa shape index (κ3) is 7.43. The molecule has 1 aliphatic heterocycles. The molecule has 23 heavy (non-hydrogen) atoms. The zero-order valence-corrected chi connectivity index (χ0v) is 13.1. The third-order valence-corrected chi connectivity index (χ3v) is 3.99. The maximum absolute atomic E-state index is 11.2. The predicted octanol–water partition coefficient (Wildman–Crippen LogP) is 1.59. The lowest BCUT2D eigenvalue weighted by molar-refractivity contribution is -0.186. The highest BCUT2D eigenvalue weighted by Crippen LogP contribution is 2.19. The Morgan fingerprint density at radius 1 is 1.09 bits per heavy atom. The molecule has 132 valence electrons. The number of nitrogens with zero attached hydrogens (tertiary/aromatic N) is 1. The van der Waals surface area contributed by atoms with E-state index in [0.717, 1.165) is 6.42 Å². The lowest BCUT2D eigenvalue weighted by atomic mass is 9.96. The highest BCUT2D eigenvalue weighted by Gasteiger charge is 2.31. The smallest absolute Gasteiger partial charge is 0.323 e. The fourth-order valence-electron chi connectivity index (χ4n) is 2.71. The lowest BCUT2D eigenvalue weighted by Gasteiger charge is -2.20. The minimum Gasteiger partial charge on any atom is -0.481 e. The van der Waals surface area contributed by atoms with Gasteiger partial charge in [0.1, 0.15) is 6.04 Å². The van der Waals surface area contributed by atoms with Crippen molar-refractivity contribution in [1.29, 1.82) is 0 Å². The van der Waals surface area contributed by atoms with E-state index in [1.165, 1.54) is 5.06 Å². The lowest BCUT2D eigenvalue weighted by Crippen LogP contribution is -2.36. The Kier molecular flexibility index (Phi) is 8.57. The van der Waals surface area contributed by atoms with E-state index in [1.807, 2.05) is 0 Å². The molecule has 3 N–H and O–H groups in total. The number of hydroxylamine groups is 2. The number of hydrogen-bond donors (Lipinski definition) is 3. The van der Waals surface area contributed by atoms with Gasteiger partial charge in [-0.15, -0.1) is 0 Å². The molecule has 2 atom stereocenters. The molecule has 0 aromatic carbocycles. The summed E-state index contributed by atoms with van der Waals surface area (Å²) in [5.41, 5.74) is 0. The number of unbranched alkanes of at least 4 members (excludes halogenated alkanes) is 1. The Labute approximate surface area is 135 Å². The van der Waals surface area contributed by atoms with Gasteiger partial charge in [0.15, 0.2) is 0 Å². The van der Waals surface area contributed by atoms with Crippen LogP contribution in [0.1, 0.15) is 51.4 Å². The Morgan fingerprint density at radius 2 is 1.78 bits per heavy atom. The number of rotatable bonds is 12. The maximum Gasteiger partial charge on any atom is 0.323 e. The second-order valence-electron chi connectivity index (χ2n) is 5.79. The molecule has 1 heterocycles. The van der Waals surface area contributed by atoms with E-state index in [9.17, 15) is 14.4 Å². The first-order valence-electron chi connectivity index (χ1n) is 7.98. The molecule has 8 nitrogen and oxygen atoms in total. The van der Waals surface area contributed by atoms with Gasteiger partial charge in [0, 0.05) is 13.0 Å². The van der Waals surface area contributed by atoms with Crippen LogP contribution in [0.2, 0.25) is 0 Å². The number of hydrogen-bond acceptors (Lipinski definition) is 5. The van der Waals surface area contributed by atoms with Crippen LogP contribution in [0.25, 0.3) is 0 Å². The fraction of sp³-hybridized carbons (Fsp3) is 0.800. The van der Waals surface area contributed by atoms with Crippen molar-refractivity contribution in [3.05, 3.63) is 0 Å². The van der Waals surface area contributed by atoms with Crippen molar-refractivity contribution in [3.63, 3.8) is 0 Å². The average molecular weight is 331 g/mol. The zero-order chi connectivity index (χ0) is 17.2. The molecule has 8 heteroatoms. The summed E-state index contributed by atoms with van der Waals surface area (Å²) in [6, 6.07) is -0.610. The molecule has 1 unspecified atom stereocenters. The first-order valence-corrected chi connectivity index (χ1v) is 7.98. The molecular weight excluding hydrogens is 306 g/mol. The minimum absolute atomic E-state index is 0.0565. The quantitative estimate of drug-likeness (QED) is 0.461. The predicted molar refractivity (Wildman–Crippen MR) is 79.8 cm³/mol. The number of carbonyl (C=O) groups is 3. The largest absolute Gasteiger partial charge is 0.481 e. The monoisotopic (exact) mass is 331 g/mol. The van der Waals surface area contributed by atoms with Gasteiger partial charge in [-0.3, -0.25) is 19.2 Å². The standard InChI is InChI=1S/C15H25NO7/c17-13(18)8-2-1-5-11(14(19)20)6-4-10-23-16-9-3-7-12(16)15(21)22/h11-12H,1-10H2,(H,17,18)(H,19,20)(H,21,22)/t11?,12-/m0/s1. The number of carboxylic acid groups (broad SMARTS) is 3. The van der Waals surface area contributed by atoms with Crippen LogP contribution in [0.5, 0.6) is 0 Å². The van der Waals surface area contributed by atoms with Gasteiger partial charge in [-0.25, -0.2) is 0 Å². The van der Waals surface area contributed by atoms with Crippen molar-refractivity contribution in [2.24, 2.45) is 5.92 Å². The first-order chi connectivity index (χ1) is 10.9. The fourth-order valence-corrected chi connectivity index (χ4v) is 2.71. The summed E-state index contributed by atoms with van der Waals surface area (Å²) in [4.78, 5) is 38.0. The average Bonchev–Trinajstić information content (AvgIpc) is 2.93. The summed E-state index contributed by atoms with van der Waals surface area (Å²) in [5.74, 6) is -3.17. The Bertz CT molecular complexity index is 413.